The first kappa shape index (κ1) is 15.3. The van der Waals surface area contributed by atoms with Gasteiger partial charge in [-0.05, 0) is 63.5 Å². The molecule has 4 heteroatoms. The molecule has 1 unspecified atom stereocenters. The summed E-state index contributed by atoms with van der Waals surface area (Å²) in [6, 6.07) is 3.83. The second-order valence-corrected chi connectivity index (χ2v) is 6.12. The summed E-state index contributed by atoms with van der Waals surface area (Å²) in [7, 11) is 4.25. The van der Waals surface area contributed by atoms with Gasteiger partial charge in [0.05, 0.1) is 0 Å². The van der Waals surface area contributed by atoms with Crippen molar-refractivity contribution in [2.45, 2.75) is 38.8 Å². The minimum atomic E-state index is -0.171. The van der Waals surface area contributed by atoms with Crippen molar-refractivity contribution in [3.63, 3.8) is 0 Å². The van der Waals surface area contributed by atoms with E-state index in [0.717, 1.165) is 24.3 Å². The van der Waals surface area contributed by atoms with Gasteiger partial charge >= 0.3 is 0 Å². The fourth-order valence-corrected chi connectivity index (χ4v) is 3.00. The molecule has 2 rings (SSSR count). The molecule has 0 spiro atoms. The topological polar surface area (TPSA) is 32.5 Å². The molecule has 0 amide bonds. The fourth-order valence-electron chi connectivity index (χ4n) is 3.00. The molecule has 2 N–H and O–H groups in total. The van der Waals surface area contributed by atoms with Gasteiger partial charge in [-0.25, -0.2) is 4.39 Å². The van der Waals surface area contributed by atoms with Gasteiger partial charge in [-0.15, -0.1) is 0 Å². The Bertz CT molecular complexity index is 473. The van der Waals surface area contributed by atoms with Gasteiger partial charge in [-0.3, -0.25) is 0 Å². The number of likely N-dealkylation sites (tertiary alicyclic amines) is 1. The van der Waals surface area contributed by atoms with E-state index in [1.807, 2.05) is 19.9 Å². The van der Waals surface area contributed by atoms with Crippen molar-refractivity contribution < 1.29 is 4.39 Å². The third-order valence-corrected chi connectivity index (χ3v) is 4.33. The highest BCUT2D eigenvalue weighted by molar-refractivity contribution is 5.57. The first-order chi connectivity index (χ1) is 9.40. The Morgan fingerprint density at radius 1 is 1.45 bits per heavy atom. The van der Waals surface area contributed by atoms with E-state index in [-0.39, 0.29) is 11.9 Å². The number of hydrogen-bond acceptors (Lipinski definition) is 3. The Morgan fingerprint density at radius 3 is 2.75 bits per heavy atom. The normalized spacial score (nSPS) is 21.8. The van der Waals surface area contributed by atoms with E-state index in [2.05, 4.69) is 23.9 Å². The number of aryl methyl sites for hydroxylation is 1. The van der Waals surface area contributed by atoms with Gasteiger partial charge in [-0.1, -0.05) is 0 Å². The van der Waals surface area contributed by atoms with Crippen LogP contribution in [0, 0.1) is 12.7 Å². The number of nitrogens with zero attached hydrogens (tertiary/aromatic N) is 2. The molecule has 1 fully saturated rings. The highest BCUT2D eigenvalue weighted by Crippen LogP contribution is 2.30. The van der Waals surface area contributed by atoms with Crippen LogP contribution in [0.1, 0.15) is 36.9 Å². The van der Waals surface area contributed by atoms with E-state index in [0.29, 0.717) is 11.6 Å². The van der Waals surface area contributed by atoms with Gasteiger partial charge < -0.3 is 15.5 Å². The van der Waals surface area contributed by atoms with Crippen LogP contribution in [-0.2, 0) is 0 Å². The number of benzene rings is 1. The number of nitrogens with two attached hydrogens (primary N) is 1. The lowest BCUT2D eigenvalue weighted by Gasteiger charge is -2.38. The van der Waals surface area contributed by atoms with Crippen LogP contribution >= 0.6 is 0 Å². The zero-order valence-corrected chi connectivity index (χ0v) is 13.0. The molecule has 1 saturated heterocycles. The lowest BCUT2D eigenvalue weighted by Crippen LogP contribution is -2.45. The summed E-state index contributed by atoms with van der Waals surface area (Å²) in [5.41, 5.74) is 8.67. The first-order valence-electron chi connectivity index (χ1n) is 7.37. The summed E-state index contributed by atoms with van der Waals surface area (Å²) in [5.74, 6) is -0.171. The maximum Gasteiger partial charge on any atom is 0.126 e. The molecule has 1 heterocycles. The number of likely N-dealkylation sites (N-methyl/N-ethyl adjacent to an activating group) is 2. The predicted octanol–water partition coefficient (Wildman–Crippen LogP) is 2.68. The molecule has 1 aromatic rings. The molecule has 0 aromatic heterocycles. The Balaban J connectivity index is 2.32. The van der Waals surface area contributed by atoms with Crippen molar-refractivity contribution in [1.82, 2.24) is 4.90 Å². The molecule has 0 aliphatic carbocycles. The summed E-state index contributed by atoms with van der Waals surface area (Å²) in [5, 5.41) is 0. The maximum absolute atomic E-state index is 13.8. The van der Waals surface area contributed by atoms with E-state index >= 15 is 0 Å². The Morgan fingerprint density at radius 2 is 2.15 bits per heavy atom. The van der Waals surface area contributed by atoms with Gasteiger partial charge in [0, 0.05) is 31.4 Å². The molecule has 0 bridgehead atoms. The predicted molar refractivity (Wildman–Crippen MR) is 82.7 cm³/mol. The van der Waals surface area contributed by atoms with E-state index < -0.39 is 0 Å². The van der Waals surface area contributed by atoms with Crippen molar-refractivity contribution in [3.8, 4) is 0 Å². The fraction of sp³-hybridized carbons (Fsp3) is 0.625. The average Bonchev–Trinajstić information content (AvgIpc) is 2.40. The second-order valence-electron chi connectivity index (χ2n) is 6.12. The van der Waals surface area contributed by atoms with Gasteiger partial charge in [0.15, 0.2) is 0 Å². The summed E-state index contributed by atoms with van der Waals surface area (Å²) < 4.78 is 13.8. The van der Waals surface area contributed by atoms with E-state index in [9.17, 15) is 4.39 Å². The van der Waals surface area contributed by atoms with Crippen molar-refractivity contribution in [2.24, 2.45) is 5.73 Å². The molecule has 1 aliphatic rings. The smallest absolute Gasteiger partial charge is 0.126 e. The van der Waals surface area contributed by atoms with Crippen LogP contribution < -0.4 is 10.6 Å². The molecule has 112 valence electrons. The average molecular weight is 279 g/mol. The summed E-state index contributed by atoms with van der Waals surface area (Å²) in [4.78, 5) is 4.63. The SMILES string of the molecule is Cc1cc(N(C)C2CCCN(C)C2)c([C@@H](C)N)cc1F. The summed E-state index contributed by atoms with van der Waals surface area (Å²) in [6.07, 6.45) is 2.38. The number of anilines is 1. The lowest BCUT2D eigenvalue weighted by molar-refractivity contribution is 0.247. The van der Waals surface area contributed by atoms with Crippen LogP contribution in [0.4, 0.5) is 10.1 Å². The molecule has 1 aromatic carbocycles. The molecule has 2 atom stereocenters. The molecular formula is C16H26FN3. The van der Waals surface area contributed by atoms with Crippen LogP contribution in [-0.4, -0.2) is 38.1 Å². The molecule has 1 aliphatic heterocycles. The number of halogens is 1. The van der Waals surface area contributed by atoms with E-state index in [1.54, 1.807) is 6.07 Å². The standard InChI is InChI=1S/C16H26FN3/c1-11-8-16(14(12(2)18)9-15(11)17)20(4)13-6-5-7-19(3)10-13/h8-9,12-13H,5-7,10,18H2,1-4H3/t12-,13?/m1/s1. The largest absolute Gasteiger partial charge is 0.370 e. The van der Waals surface area contributed by atoms with Gasteiger partial charge in [0.1, 0.15) is 5.82 Å². The van der Waals surface area contributed by atoms with E-state index in [4.69, 9.17) is 5.73 Å². The number of piperidine rings is 1. The summed E-state index contributed by atoms with van der Waals surface area (Å²) in [6.45, 7) is 5.93. The minimum absolute atomic E-state index is 0.163. The van der Waals surface area contributed by atoms with Crippen molar-refractivity contribution in [1.29, 1.82) is 0 Å². The van der Waals surface area contributed by atoms with E-state index in [1.165, 1.54) is 12.8 Å². The van der Waals surface area contributed by atoms with Crippen LogP contribution in [0.3, 0.4) is 0 Å². The lowest BCUT2D eigenvalue weighted by atomic mass is 9.99. The Kier molecular flexibility index (Phi) is 4.66. The van der Waals surface area contributed by atoms with Crippen LogP contribution in [0.5, 0.6) is 0 Å². The highest BCUT2D eigenvalue weighted by atomic mass is 19.1. The molecule has 0 saturated carbocycles. The van der Waals surface area contributed by atoms with Gasteiger partial charge in [0.2, 0.25) is 0 Å². The van der Waals surface area contributed by atoms with Crippen molar-refractivity contribution >= 4 is 5.69 Å². The zero-order valence-electron chi connectivity index (χ0n) is 13.0. The second kappa shape index (κ2) is 6.10. The Labute approximate surface area is 121 Å². The molecule has 20 heavy (non-hydrogen) atoms. The molecular weight excluding hydrogens is 253 g/mol. The monoisotopic (exact) mass is 279 g/mol. The minimum Gasteiger partial charge on any atom is -0.370 e. The first-order valence-corrected chi connectivity index (χ1v) is 7.37. The summed E-state index contributed by atoms with van der Waals surface area (Å²) >= 11 is 0. The van der Waals surface area contributed by atoms with Crippen LogP contribution in [0.15, 0.2) is 12.1 Å². The van der Waals surface area contributed by atoms with Crippen molar-refractivity contribution in [2.75, 3.05) is 32.1 Å². The quantitative estimate of drug-likeness (QED) is 0.923. The van der Waals surface area contributed by atoms with Crippen LogP contribution in [0.25, 0.3) is 0 Å². The van der Waals surface area contributed by atoms with Crippen LogP contribution in [0.2, 0.25) is 0 Å². The number of hydrogen-bond donors (Lipinski definition) is 1. The maximum atomic E-state index is 13.8. The molecule has 0 radical (unpaired) electrons. The number of rotatable bonds is 3. The molecule has 3 nitrogen and oxygen atoms in total. The Hall–Kier alpha value is -1.13. The van der Waals surface area contributed by atoms with Gasteiger partial charge in [-0.2, -0.15) is 0 Å². The van der Waals surface area contributed by atoms with Gasteiger partial charge in [0.25, 0.3) is 0 Å². The zero-order chi connectivity index (χ0) is 14.9. The third-order valence-electron chi connectivity index (χ3n) is 4.33. The third kappa shape index (κ3) is 3.13. The highest BCUT2D eigenvalue weighted by Gasteiger charge is 2.24. The van der Waals surface area contributed by atoms with Crippen molar-refractivity contribution in [3.05, 3.63) is 29.1 Å².